The summed E-state index contributed by atoms with van der Waals surface area (Å²) in [5.74, 6) is 26.5. The Morgan fingerprint density at radius 1 is 0.281 bits per heavy atom. The summed E-state index contributed by atoms with van der Waals surface area (Å²) < 4.78 is 27.3. The van der Waals surface area contributed by atoms with E-state index in [2.05, 4.69) is 228 Å². The van der Waals surface area contributed by atoms with Crippen LogP contribution in [0.4, 0.5) is 0 Å². The van der Waals surface area contributed by atoms with Crippen LogP contribution in [-0.4, -0.2) is 65.1 Å². The van der Waals surface area contributed by atoms with Crippen molar-refractivity contribution in [3.05, 3.63) is 0 Å². The molecule has 4 saturated heterocycles. The highest BCUT2D eigenvalue weighted by atomic mass is 16.5. The van der Waals surface area contributed by atoms with E-state index in [0.717, 1.165) is 211 Å². The van der Waals surface area contributed by atoms with Gasteiger partial charge in [-0.05, 0) is 287 Å². The molecule has 5 nitrogen and oxygen atoms in total. The fourth-order valence-electron chi connectivity index (χ4n) is 24.5. The van der Waals surface area contributed by atoms with Crippen LogP contribution in [0.1, 0.15) is 460 Å². The summed E-state index contributed by atoms with van der Waals surface area (Å²) >= 11 is 0. The van der Waals surface area contributed by atoms with E-state index in [9.17, 15) is 0 Å². The van der Waals surface area contributed by atoms with Crippen LogP contribution >= 0.6 is 0 Å². The molecule has 21 unspecified atom stereocenters. The third-order valence-electron chi connectivity index (χ3n) is 31.9. The molecule has 0 N–H and O–H groups in total. The molecular formula is C109H218O5. The third kappa shape index (κ3) is 46.5. The van der Waals surface area contributed by atoms with Gasteiger partial charge in [-0.15, -0.1) is 0 Å². The Labute approximate surface area is 721 Å². The Hall–Kier alpha value is -0.200. The lowest BCUT2D eigenvalue weighted by molar-refractivity contribution is -0.0299. The van der Waals surface area contributed by atoms with Crippen LogP contribution in [0.3, 0.4) is 0 Å². The maximum Gasteiger partial charge on any atom is 0.0599 e. The van der Waals surface area contributed by atoms with E-state index in [0.29, 0.717) is 23.7 Å². The van der Waals surface area contributed by atoms with E-state index in [1.807, 2.05) is 7.11 Å². The van der Waals surface area contributed by atoms with Gasteiger partial charge < -0.3 is 23.7 Å². The average molecular weight is 1610 g/mol. The smallest absolute Gasteiger partial charge is 0.0599 e. The molecule has 4 aliphatic heterocycles. The lowest BCUT2D eigenvalue weighted by atomic mass is 9.65. The van der Waals surface area contributed by atoms with Crippen LogP contribution in [0.25, 0.3) is 0 Å². The predicted molar refractivity (Wildman–Crippen MR) is 509 cm³/mol. The molecule has 5 heteroatoms. The fourth-order valence-corrected chi connectivity index (χ4v) is 24.5. The van der Waals surface area contributed by atoms with Crippen molar-refractivity contribution >= 4 is 0 Å². The van der Waals surface area contributed by atoms with Crippen LogP contribution in [0, 0.1) is 177 Å². The first-order valence-electron chi connectivity index (χ1n) is 51.7. The second-order valence-electron chi connectivity index (χ2n) is 45.3. The highest BCUT2D eigenvalue weighted by molar-refractivity contribution is 4.86. The van der Waals surface area contributed by atoms with Crippen molar-refractivity contribution in [2.75, 3.05) is 46.8 Å². The van der Waals surface area contributed by atoms with Crippen molar-refractivity contribution in [3.8, 4) is 0 Å². The highest BCUT2D eigenvalue weighted by Crippen LogP contribution is 2.45. The zero-order chi connectivity index (χ0) is 86.2. The topological polar surface area (TPSA) is 46.2 Å². The summed E-state index contributed by atoms with van der Waals surface area (Å²) in [6.07, 6.45) is 52.9. The van der Waals surface area contributed by atoms with Gasteiger partial charge >= 0.3 is 0 Å². The zero-order valence-corrected chi connectivity index (χ0v) is 84.7. The number of rotatable bonds is 16. The molecule has 0 bridgehead atoms. The van der Waals surface area contributed by atoms with Crippen LogP contribution in [-0.2, 0) is 23.7 Å². The molecule has 11 rings (SSSR count). The molecule has 0 radical (unpaired) electrons. The molecule has 114 heavy (non-hydrogen) atoms. The minimum Gasteiger partial charge on any atom is -0.381 e. The van der Waals surface area contributed by atoms with Gasteiger partial charge in [0.1, 0.15) is 0 Å². The van der Waals surface area contributed by atoms with Crippen molar-refractivity contribution in [3.63, 3.8) is 0 Å². The SMILES string of the molecule is CC(C)C1CCCC1C.CC(C)C1CCCCC1(C)C.CC(C)C1CCCCC1C.CC(C)C1CCCCC1C.CC(C)C1CCCCC1C.CC(C)C1CCCOC1C.CC(C)C1CCOC1C.CC(C)C1CCOCC1C.CCC1CCCCC1CC(C)C.CCC1COCCC1C(C)C.COC1CCCCC1CC(C)C. The summed E-state index contributed by atoms with van der Waals surface area (Å²) in [5, 5.41) is 0. The summed E-state index contributed by atoms with van der Waals surface area (Å²) in [6.45, 7) is 83.2. The first-order valence-corrected chi connectivity index (χ1v) is 51.7. The van der Waals surface area contributed by atoms with Crippen molar-refractivity contribution < 1.29 is 23.7 Å². The van der Waals surface area contributed by atoms with Gasteiger partial charge in [0.2, 0.25) is 0 Å². The quantitative estimate of drug-likeness (QED) is 0.154. The standard InChI is InChI=1S/C12H24.C11H22O.C11H22.C10H20O.3C10H20.2C9H18O.C9H18.C8H16O/c1-4-11-7-5-6-8-12(11)9-10(2)3;1-9(2)8-10-6-4-5-7-11(10)12-3;1-9(2)10-7-5-6-8-11(10,3)4;1-4-9-7-11-6-5-10(9)8(2)3;3*1-8(2)10-7-5-4-6-9(10)3;1-7(2)9-4-5-10-6-8(9)3;1-7(2)9-5-4-6-10-8(9)3;1-7(2)9-6-4-5-8(9)3;1-6(2)8-4-5-9-7(8)3/h10-12H,4-9H2,1-3H3;9-11H,4-8H2,1-3H3;9-10H,5-8H2,1-4H3;8-10H,4-7H2,1-3H3;3*8-10H,4-7H2,1-3H3;2*7-9H,4-6H2,1-3H3;7-9H,4-6H2,1-3H3;6-8H,4-5H2,1-3H3. The Morgan fingerprint density at radius 3 is 0.921 bits per heavy atom. The summed E-state index contributed by atoms with van der Waals surface area (Å²) in [7, 11) is 1.86. The molecule has 0 aromatic carbocycles. The first-order chi connectivity index (χ1) is 53.8. The normalized spacial score (nSPS) is 33.6. The van der Waals surface area contributed by atoms with Crippen LogP contribution in [0.5, 0.6) is 0 Å². The number of hydrogen-bond acceptors (Lipinski definition) is 5. The third-order valence-corrected chi connectivity index (χ3v) is 31.9. The summed E-state index contributed by atoms with van der Waals surface area (Å²) in [5.41, 5.74) is 0.617. The Morgan fingerprint density at radius 2 is 0.605 bits per heavy atom. The second kappa shape index (κ2) is 63.7. The fraction of sp³-hybridized carbons (Fsp3) is 1.00. The molecule has 11 aliphatic rings. The van der Waals surface area contributed by atoms with Gasteiger partial charge in [-0.3, -0.25) is 0 Å². The van der Waals surface area contributed by atoms with Crippen molar-refractivity contribution in [2.45, 2.75) is 478 Å². The van der Waals surface area contributed by atoms with E-state index in [-0.39, 0.29) is 0 Å². The Kier molecular flexibility index (Phi) is 62.5. The Balaban J connectivity index is 0.000000628. The minimum atomic E-state index is 0.494. The van der Waals surface area contributed by atoms with E-state index in [4.69, 9.17) is 23.7 Å². The molecule has 11 fully saturated rings. The van der Waals surface area contributed by atoms with E-state index in [1.54, 1.807) is 0 Å². The van der Waals surface area contributed by atoms with E-state index >= 15 is 0 Å². The van der Waals surface area contributed by atoms with Gasteiger partial charge in [0.15, 0.2) is 0 Å². The maximum absolute atomic E-state index is 5.55. The first kappa shape index (κ1) is 112. The minimum absolute atomic E-state index is 0.494. The maximum atomic E-state index is 5.55. The summed E-state index contributed by atoms with van der Waals surface area (Å²) in [4.78, 5) is 0. The Bertz CT molecular complexity index is 1950. The number of ether oxygens (including phenoxy) is 5. The molecule has 4 heterocycles. The van der Waals surface area contributed by atoms with Gasteiger partial charge in [0, 0.05) is 46.8 Å². The van der Waals surface area contributed by atoms with Crippen LogP contribution in [0.2, 0.25) is 0 Å². The molecule has 0 spiro atoms. The molecule has 7 saturated carbocycles. The van der Waals surface area contributed by atoms with Gasteiger partial charge in [-0.1, -0.05) is 349 Å². The molecule has 7 aliphatic carbocycles. The molecular weight excluding hydrogens is 1390 g/mol. The molecule has 0 amide bonds. The summed E-state index contributed by atoms with van der Waals surface area (Å²) in [6, 6.07) is 0. The lowest BCUT2D eigenvalue weighted by Crippen LogP contribution is -2.31. The lowest BCUT2D eigenvalue weighted by Gasteiger charge is -2.41. The van der Waals surface area contributed by atoms with Crippen LogP contribution < -0.4 is 0 Å². The van der Waals surface area contributed by atoms with E-state index < -0.39 is 0 Å². The molecule has 684 valence electrons. The monoisotopic (exact) mass is 1610 g/mol. The van der Waals surface area contributed by atoms with E-state index in [1.165, 1.54) is 231 Å². The highest BCUT2D eigenvalue weighted by Gasteiger charge is 2.35. The molecule has 0 aromatic rings. The van der Waals surface area contributed by atoms with Crippen molar-refractivity contribution in [1.29, 1.82) is 0 Å². The average Bonchev–Trinajstić information content (AvgIpc) is 1.17. The largest absolute Gasteiger partial charge is 0.381 e. The number of methoxy groups -OCH3 is 1. The number of hydrogen-bond donors (Lipinski definition) is 0. The van der Waals surface area contributed by atoms with Gasteiger partial charge in [-0.25, -0.2) is 0 Å². The second-order valence-corrected chi connectivity index (χ2v) is 45.3. The van der Waals surface area contributed by atoms with Gasteiger partial charge in [0.05, 0.1) is 18.3 Å². The predicted octanol–water partition coefficient (Wildman–Crippen LogP) is 34.4. The molecule has 21 atom stereocenters. The van der Waals surface area contributed by atoms with Crippen molar-refractivity contribution in [2.24, 2.45) is 177 Å². The van der Waals surface area contributed by atoms with Crippen LogP contribution in [0.15, 0.2) is 0 Å². The zero-order valence-electron chi connectivity index (χ0n) is 84.7. The molecule has 0 aromatic heterocycles. The van der Waals surface area contributed by atoms with Gasteiger partial charge in [0.25, 0.3) is 0 Å². The van der Waals surface area contributed by atoms with Crippen molar-refractivity contribution in [1.82, 2.24) is 0 Å². The van der Waals surface area contributed by atoms with Gasteiger partial charge in [-0.2, -0.15) is 0 Å².